The Balaban J connectivity index is 1.80. The summed E-state index contributed by atoms with van der Waals surface area (Å²) in [5.41, 5.74) is 1.34. The average molecular weight is 517 g/mol. The number of rotatable bonds is 6. The fourth-order valence-corrected chi connectivity index (χ4v) is 4.45. The normalized spacial score (nSPS) is 15.3. The summed E-state index contributed by atoms with van der Waals surface area (Å²) in [6.07, 6.45) is 1.55. The van der Waals surface area contributed by atoms with Gasteiger partial charge in [0.1, 0.15) is 0 Å². The highest BCUT2D eigenvalue weighted by Crippen LogP contribution is 2.38. The topological polar surface area (TPSA) is 83.9 Å². The number of thioether (sulfide) groups is 1. The zero-order valence-corrected chi connectivity index (χ0v) is 18.4. The zero-order chi connectivity index (χ0) is 21.1. The van der Waals surface area contributed by atoms with Crippen LogP contribution in [0.2, 0.25) is 10.0 Å². The predicted octanol–water partition coefficient (Wildman–Crippen LogP) is 5.46. The lowest BCUT2D eigenvalue weighted by atomic mass is 10.2. The molecule has 1 N–H and O–H groups in total. The maximum Gasteiger partial charge on any atom is 0.341 e. The van der Waals surface area contributed by atoms with Gasteiger partial charge in [-0.2, -0.15) is 0 Å². The number of hydrogen-bond acceptors (Lipinski definition) is 5. The van der Waals surface area contributed by atoms with Crippen LogP contribution < -0.4 is 4.74 Å². The molecule has 150 valence electrons. The summed E-state index contributed by atoms with van der Waals surface area (Å²) in [5.74, 6) is -1.36. The highest BCUT2D eigenvalue weighted by molar-refractivity contribution is 9.10. The SMILES string of the molecule is O=C(O)COc1c(Cl)cc(/C=C2/SC(=O)N(Cc3ccc(Cl)cc3)C2=O)cc1Br. The standard InChI is InChI=1S/C19H12BrCl2NO5S/c20-13-5-11(6-14(22)17(13)28-9-16(24)25)7-15-18(26)23(19(27)29-15)8-10-1-3-12(21)4-2-10/h1-7H,8-9H2,(H,24,25)/b15-7+. The van der Waals surface area contributed by atoms with Crippen molar-refractivity contribution in [3.8, 4) is 5.75 Å². The molecule has 1 aliphatic heterocycles. The number of hydrogen-bond donors (Lipinski definition) is 1. The van der Waals surface area contributed by atoms with Crippen LogP contribution in [0.25, 0.3) is 6.08 Å². The summed E-state index contributed by atoms with van der Waals surface area (Å²) in [6.45, 7) is -0.396. The number of nitrogens with zero attached hydrogens (tertiary/aromatic N) is 1. The average Bonchev–Trinajstić information content (AvgIpc) is 2.90. The van der Waals surface area contributed by atoms with Crippen LogP contribution in [0, 0.1) is 0 Å². The van der Waals surface area contributed by atoms with E-state index in [4.69, 9.17) is 33.0 Å². The summed E-state index contributed by atoms with van der Waals surface area (Å²) in [7, 11) is 0. The Labute approximate surface area is 188 Å². The van der Waals surface area contributed by atoms with E-state index < -0.39 is 18.5 Å². The minimum atomic E-state index is -1.13. The van der Waals surface area contributed by atoms with Gasteiger partial charge in [0.15, 0.2) is 12.4 Å². The van der Waals surface area contributed by atoms with E-state index in [9.17, 15) is 14.4 Å². The molecule has 3 rings (SSSR count). The third kappa shape index (κ3) is 5.33. The first-order valence-electron chi connectivity index (χ1n) is 8.08. The number of benzene rings is 2. The molecule has 0 bridgehead atoms. The third-order valence-electron chi connectivity index (χ3n) is 3.79. The number of carbonyl (C=O) groups is 3. The predicted molar refractivity (Wildman–Crippen MR) is 115 cm³/mol. The van der Waals surface area contributed by atoms with E-state index >= 15 is 0 Å². The molecule has 0 atom stereocenters. The first-order valence-corrected chi connectivity index (χ1v) is 10.4. The summed E-state index contributed by atoms with van der Waals surface area (Å²) >= 11 is 16.1. The molecule has 1 heterocycles. The van der Waals surface area contributed by atoms with Gasteiger partial charge in [0.2, 0.25) is 0 Å². The van der Waals surface area contributed by atoms with Gasteiger partial charge in [0, 0.05) is 5.02 Å². The van der Waals surface area contributed by atoms with E-state index in [1.165, 1.54) is 6.07 Å². The molecule has 1 aliphatic rings. The summed E-state index contributed by atoms with van der Waals surface area (Å²) in [6, 6.07) is 10.0. The molecule has 10 heteroatoms. The van der Waals surface area contributed by atoms with Crippen molar-refractivity contribution >= 4 is 74.1 Å². The number of halogens is 3. The van der Waals surface area contributed by atoms with Crippen molar-refractivity contribution in [3.63, 3.8) is 0 Å². The van der Waals surface area contributed by atoms with Crippen molar-refractivity contribution in [2.75, 3.05) is 6.61 Å². The highest BCUT2D eigenvalue weighted by Gasteiger charge is 2.35. The molecule has 1 saturated heterocycles. The van der Waals surface area contributed by atoms with Crippen LogP contribution in [-0.2, 0) is 16.1 Å². The monoisotopic (exact) mass is 515 g/mol. The maximum absolute atomic E-state index is 12.7. The van der Waals surface area contributed by atoms with Gasteiger partial charge in [0.05, 0.1) is 20.9 Å². The van der Waals surface area contributed by atoms with Gasteiger partial charge in [0.25, 0.3) is 11.1 Å². The van der Waals surface area contributed by atoms with Crippen molar-refractivity contribution in [1.29, 1.82) is 0 Å². The summed E-state index contributed by atoms with van der Waals surface area (Å²) in [4.78, 5) is 37.0. The number of amides is 2. The molecule has 29 heavy (non-hydrogen) atoms. The molecule has 2 aromatic carbocycles. The molecule has 6 nitrogen and oxygen atoms in total. The van der Waals surface area contributed by atoms with E-state index in [-0.39, 0.29) is 27.5 Å². The van der Waals surface area contributed by atoms with Crippen LogP contribution in [0.5, 0.6) is 5.75 Å². The Hall–Kier alpha value is -2.00. The Kier molecular flexibility index (Phi) is 6.89. The second-order valence-corrected chi connectivity index (χ2v) is 8.58. The van der Waals surface area contributed by atoms with Gasteiger partial charge in [-0.25, -0.2) is 4.79 Å². The van der Waals surface area contributed by atoms with Crippen molar-refractivity contribution in [3.05, 3.63) is 66.9 Å². The molecule has 1 fully saturated rings. The van der Waals surface area contributed by atoms with E-state index in [1.54, 1.807) is 36.4 Å². The molecule has 0 unspecified atom stereocenters. The lowest BCUT2D eigenvalue weighted by Crippen LogP contribution is -2.27. The Morgan fingerprint density at radius 1 is 1.21 bits per heavy atom. The fourth-order valence-electron chi connectivity index (χ4n) is 2.49. The van der Waals surface area contributed by atoms with Crippen LogP contribution in [0.15, 0.2) is 45.8 Å². The quantitative estimate of drug-likeness (QED) is 0.513. The lowest BCUT2D eigenvalue weighted by molar-refractivity contribution is -0.139. The molecule has 2 amide bonds. The van der Waals surface area contributed by atoms with Gasteiger partial charge in [-0.3, -0.25) is 14.5 Å². The maximum atomic E-state index is 12.7. The molecule has 0 aliphatic carbocycles. The van der Waals surface area contributed by atoms with Crippen LogP contribution in [0.4, 0.5) is 4.79 Å². The number of carboxylic acids is 1. The molecular formula is C19H12BrCl2NO5S. The minimum Gasteiger partial charge on any atom is -0.479 e. The third-order valence-corrected chi connectivity index (χ3v) is 5.82. The molecule has 0 radical (unpaired) electrons. The largest absolute Gasteiger partial charge is 0.479 e. The number of ether oxygens (including phenoxy) is 1. The number of carboxylic acid groups (broad SMARTS) is 1. The van der Waals surface area contributed by atoms with E-state index in [2.05, 4.69) is 15.9 Å². The molecule has 2 aromatic rings. The first-order chi connectivity index (χ1) is 13.7. The Bertz CT molecular complexity index is 1000. The Morgan fingerprint density at radius 2 is 1.90 bits per heavy atom. The van der Waals surface area contributed by atoms with Crippen molar-refractivity contribution < 1.29 is 24.2 Å². The first kappa shape index (κ1) is 21.7. The van der Waals surface area contributed by atoms with Crippen molar-refractivity contribution in [2.45, 2.75) is 6.54 Å². The van der Waals surface area contributed by atoms with E-state index in [0.29, 0.717) is 15.1 Å². The van der Waals surface area contributed by atoms with Crippen LogP contribution in [0.3, 0.4) is 0 Å². The zero-order valence-electron chi connectivity index (χ0n) is 14.5. The van der Waals surface area contributed by atoms with E-state index in [1.807, 2.05) is 0 Å². The number of imide groups is 1. The Morgan fingerprint density at radius 3 is 2.52 bits per heavy atom. The van der Waals surface area contributed by atoms with E-state index in [0.717, 1.165) is 22.2 Å². The van der Waals surface area contributed by atoms with Gasteiger partial charge in [-0.15, -0.1) is 0 Å². The van der Waals surface area contributed by atoms with Gasteiger partial charge >= 0.3 is 5.97 Å². The van der Waals surface area contributed by atoms with Crippen LogP contribution >= 0.6 is 50.9 Å². The second kappa shape index (κ2) is 9.21. The second-order valence-electron chi connectivity index (χ2n) is 5.89. The smallest absolute Gasteiger partial charge is 0.341 e. The van der Waals surface area contributed by atoms with Crippen molar-refractivity contribution in [2.24, 2.45) is 0 Å². The molecular weight excluding hydrogens is 505 g/mol. The molecule has 0 saturated carbocycles. The number of carbonyl (C=O) groups excluding carboxylic acids is 2. The van der Waals surface area contributed by atoms with Gasteiger partial charge in [-0.1, -0.05) is 35.3 Å². The summed E-state index contributed by atoms with van der Waals surface area (Å²) < 4.78 is 5.57. The number of aliphatic carboxylic acids is 1. The van der Waals surface area contributed by atoms with Crippen molar-refractivity contribution in [1.82, 2.24) is 4.90 Å². The lowest BCUT2D eigenvalue weighted by Gasteiger charge is -2.12. The highest BCUT2D eigenvalue weighted by atomic mass is 79.9. The minimum absolute atomic E-state index is 0.144. The van der Waals surface area contributed by atoms with Gasteiger partial charge in [-0.05, 0) is 69.2 Å². The van der Waals surface area contributed by atoms with Crippen LogP contribution in [0.1, 0.15) is 11.1 Å². The summed E-state index contributed by atoms with van der Waals surface area (Å²) in [5, 5.41) is 9.09. The van der Waals surface area contributed by atoms with Crippen LogP contribution in [-0.4, -0.2) is 33.7 Å². The fraction of sp³-hybridized carbons (Fsp3) is 0.105. The molecule has 0 aromatic heterocycles. The van der Waals surface area contributed by atoms with Gasteiger partial charge < -0.3 is 9.84 Å². The molecule has 0 spiro atoms.